The quantitative estimate of drug-likeness (QED) is 0.399. The van der Waals surface area contributed by atoms with Gasteiger partial charge >= 0.3 is 0 Å². The monoisotopic (exact) mass is 229 g/mol. The Morgan fingerprint density at radius 1 is 1.58 bits per heavy atom. The first-order valence-corrected chi connectivity index (χ1v) is 3.96. The van der Waals surface area contributed by atoms with Crippen molar-refractivity contribution in [1.82, 2.24) is 0 Å². The molecule has 62 valence electrons. The van der Waals surface area contributed by atoms with E-state index in [4.69, 9.17) is 5.53 Å². The highest BCUT2D eigenvalue weighted by molar-refractivity contribution is 9.10. The van der Waals surface area contributed by atoms with E-state index in [1.165, 1.54) is 12.1 Å². The molecule has 0 aliphatic heterocycles. The first-order chi connectivity index (χ1) is 5.66. The van der Waals surface area contributed by atoms with Crippen LogP contribution < -0.4 is 0 Å². The highest BCUT2D eigenvalue weighted by Crippen LogP contribution is 2.28. The van der Waals surface area contributed by atoms with Crippen molar-refractivity contribution in [3.8, 4) is 0 Å². The summed E-state index contributed by atoms with van der Waals surface area (Å²) in [5.41, 5.74) is 9.19. The van der Waals surface area contributed by atoms with Crippen LogP contribution in [-0.2, 0) is 0 Å². The van der Waals surface area contributed by atoms with Gasteiger partial charge in [0.2, 0.25) is 0 Å². The maximum absolute atomic E-state index is 12.8. The molecule has 0 N–H and O–H groups in total. The van der Waals surface area contributed by atoms with E-state index in [-0.39, 0.29) is 5.82 Å². The van der Waals surface area contributed by atoms with Crippen molar-refractivity contribution in [3.63, 3.8) is 0 Å². The third-order valence-corrected chi connectivity index (χ3v) is 2.44. The van der Waals surface area contributed by atoms with Gasteiger partial charge in [0.05, 0.1) is 4.47 Å². The first kappa shape index (κ1) is 9.03. The zero-order valence-electron chi connectivity index (χ0n) is 6.25. The lowest BCUT2D eigenvalue weighted by molar-refractivity contribution is 0.620. The van der Waals surface area contributed by atoms with Gasteiger partial charge in [0.1, 0.15) is 5.82 Å². The number of hydrogen-bond donors (Lipinski definition) is 0. The Balaban J connectivity index is 3.35. The van der Waals surface area contributed by atoms with E-state index in [1.807, 2.05) is 0 Å². The second-order valence-corrected chi connectivity index (χ2v) is 2.99. The number of nitrogens with zero attached hydrogens (tertiary/aromatic N) is 3. The number of hydrogen-bond acceptors (Lipinski definition) is 1. The molecule has 0 atom stereocenters. The summed E-state index contributed by atoms with van der Waals surface area (Å²) in [4.78, 5) is 2.62. The molecule has 1 rings (SSSR count). The van der Waals surface area contributed by atoms with Crippen LogP contribution >= 0.6 is 15.9 Å². The summed E-state index contributed by atoms with van der Waals surface area (Å²) in [5, 5.41) is 3.39. The summed E-state index contributed by atoms with van der Waals surface area (Å²) in [6.45, 7) is 1.68. The van der Waals surface area contributed by atoms with Crippen molar-refractivity contribution >= 4 is 21.6 Å². The van der Waals surface area contributed by atoms with Crippen molar-refractivity contribution in [2.75, 3.05) is 0 Å². The molecule has 5 heteroatoms. The fraction of sp³-hybridized carbons (Fsp3) is 0.143. The summed E-state index contributed by atoms with van der Waals surface area (Å²) >= 11 is 3.04. The van der Waals surface area contributed by atoms with Crippen molar-refractivity contribution < 1.29 is 4.39 Å². The lowest BCUT2D eigenvalue weighted by atomic mass is 10.2. The lowest BCUT2D eigenvalue weighted by Gasteiger charge is -2.01. The highest BCUT2D eigenvalue weighted by atomic mass is 79.9. The Labute approximate surface area is 77.0 Å². The van der Waals surface area contributed by atoms with E-state index in [0.717, 1.165) is 0 Å². The SMILES string of the molecule is Cc1c(N=[N+]=[N-])ccc(F)c1Br. The van der Waals surface area contributed by atoms with Crippen molar-refractivity contribution in [1.29, 1.82) is 0 Å². The van der Waals surface area contributed by atoms with Crippen LogP contribution in [0.15, 0.2) is 21.7 Å². The zero-order chi connectivity index (χ0) is 9.14. The molecule has 0 aromatic heterocycles. The summed E-state index contributed by atoms with van der Waals surface area (Å²) in [6.07, 6.45) is 0. The lowest BCUT2D eigenvalue weighted by Crippen LogP contribution is -1.81. The number of rotatable bonds is 1. The molecule has 0 radical (unpaired) electrons. The Morgan fingerprint density at radius 2 is 2.25 bits per heavy atom. The van der Waals surface area contributed by atoms with E-state index in [2.05, 4.69) is 26.0 Å². The minimum absolute atomic E-state index is 0.340. The molecule has 0 aliphatic carbocycles. The molecule has 0 unspecified atom stereocenters. The van der Waals surface area contributed by atoms with Crippen molar-refractivity contribution in [2.24, 2.45) is 5.11 Å². The topological polar surface area (TPSA) is 48.8 Å². The van der Waals surface area contributed by atoms with Gasteiger partial charge in [-0.15, -0.1) is 0 Å². The van der Waals surface area contributed by atoms with Gasteiger partial charge in [0, 0.05) is 10.6 Å². The van der Waals surface area contributed by atoms with E-state index >= 15 is 0 Å². The maximum Gasteiger partial charge on any atom is 0.137 e. The minimum atomic E-state index is -0.357. The van der Waals surface area contributed by atoms with Gasteiger partial charge in [-0.3, -0.25) is 0 Å². The molecule has 1 aromatic rings. The van der Waals surface area contributed by atoms with Crippen LogP contribution in [0.2, 0.25) is 0 Å². The van der Waals surface area contributed by atoms with Crippen molar-refractivity contribution in [2.45, 2.75) is 6.92 Å². The number of azide groups is 1. The van der Waals surface area contributed by atoms with Gasteiger partial charge in [0.25, 0.3) is 0 Å². The van der Waals surface area contributed by atoms with Gasteiger partial charge in [-0.2, -0.15) is 0 Å². The second-order valence-electron chi connectivity index (χ2n) is 2.19. The van der Waals surface area contributed by atoms with E-state index in [0.29, 0.717) is 15.7 Å². The minimum Gasteiger partial charge on any atom is -0.206 e. The third-order valence-electron chi connectivity index (χ3n) is 1.46. The third kappa shape index (κ3) is 1.57. The Bertz CT molecular complexity index is 358. The predicted octanol–water partition coefficient (Wildman–Crippen LogP) is 3.84. The number of benzene rings is 1. The average Bonchev–Trinajstić information content (AvgIpc) is 2.07. The standard InChI is InChI=1S/C7H5BrFN3/c1-4-6(11-12-10)3-2-5(9)7(4)8/h2-3H,1H3. The Morgan fingerprint density at radius 3 is 2.83 bits per heavy atom. The molecule has 0 amide bonds. The summed E-state index contributed by atoms with van der Waals surface area (Å²) in [5.74, 6) is -0.357. The number of halogens is 2. The smallest absolute Gasteiger partial charge is 0.137 e. The van der Waals surface area contributed by atoms with E-state index in [1.54, 1.807) is 6.92 Å². The Hall–Kier alpha value is -1.06. The predicted molar refractivity (Wildman–Crippen MR) is 47.6 cm³/mol. The second kappa shape index (κ2) is 3.56. The normalized spacial score (nSPS) is 9.25. The van der Waals surface area contributed by atoms with Gasteiger partial charge in [-0.05, 0) is 46.1 Å². The highest BCUT2D eigenvalue weighted by Gasteiger charge is 2.04. The largest absolute Gasteiger partial charge is 0.206 e. The summed E-state index contributed by atoms with van der Waals surface area (Å²) in [6, 6.07) is 2.69. The maximum atomic E-state index is 12.8. The van der Waals surface area contributed by atoms with Gasteiger partial charge in [-0.1, -0.05) is 5.11 Å². The van der Waals surface area contributed by atoms with Gasteiger partial charge in [0.15, 0.2) is 0 Å². The zero-order valence-corrected chi connectivity index (χ0v) is 7.84. The first-order valence-electron chi connectivity index (χ1n) is 3.16. The molecule has 0 saturated carbocycles. The molecule has 3 nitrogen and oxygen atoms in total. The summed E-state index contributed by atoms with van der Waals surface area (Å²) in [7, 11) is 0. The fourth-order valence-electron chi connectivity index (χ4n) is 0.798. The van der Waals surface area contributed by atoms with Crippen LogP contribution in [0.1, 0.15) is 5.56 Å². The molecular weight excluding hydrogens is 225 g/mol. The molecular formula is C7H5BrFN3. The van der Waals surface area contributed by atoms with Gasteiger partial charge in [-0.25, -0.2) is 4.39 Å². The summed E-state index contributed by atoms with van der Waals surface area (Å²) < 4.78 is 13.2. The molecule has 0 heterocycles. The van der Waals surface area contributed by atoms with Crippen LogP contribution in [0.4, 0.5) is 10.1 Å². The average molecular weight is 230 g/mol. The molecule has 0 saturated heterocycles. The molecule has 12 heavy (non-hydrogen) atoms. The van der Waals surface area contributed by atoms with Crippen LogP contribution in [0.25, 0.3) is 10.4 Å². The van der Waals surface area contributed by atoms with Crippen LogP contribution in [0.3, 0.4) is 0 Å². The molecule has 1 aromatic carbocycles. The molecule has 0 fully saturated rings. The van der Waals surface area contributed by atoms with Gasteiger partial charge < -0.3 is 0 Å². The fourth-order valence-corrected chi connectivity index (χ4v) is 1.13. The van der Waals surface area contributed by atoms with E-state index < -0.39 is 0 Å². The Kier molecular flexibility index (Phi) is 2.68. The van der Waals surface area contributed by atoms with Crippen molar-refractivity contribution in [3.05, 3.63) is 38.4 Å². The van der Waals surface area contributed by atoms with Crippen LogP contribution in [-0.4, -0.2) is 0 Å². The molecule has 0 aliphatic rings. The molecule has 0 bridgehead atoms. The van der Waals surface area contributed by atoms with E-state index in [9.17, 15) is 4.39 Å². The van der Waals surface area contributed by atoms with Crippen LogP contribution in [0, 0.1) is 12.7 Å². The molecule has 0 spiro atoms. The van der Waals surface area contributed by atoms with Crippen LogP contribution in [0.5, 0.6) is 0 Å².